The minimum absolute atomic E-state index is 0.0776. The molecule has 1 aliphatic heterocycles. The van der Waals surface area contributed by atoms with Crippen LogP contribution in [0.1, 0.15) is 59.8 Å². The summed E-state index contributed by atoms with van der Waals surface area (Å²) in [6, 6.07) is 0. The Morgan fingerprint density at radius 1 is 1.06 bits per heavy atom. The van der Waals surface area contributed by atoms with E-state index in [9.17, 15) is 5.11 Å². The van der Waals surface area contributed by atoms with Crippen LogP contribution in [-0.2, 0) is 4.74 Å². The van der Waals surface area contributed by atoms with E-state index in [0.717, 1.165) is 18.8 Å². The summed E-state index contributed by atoms with van der Waals surface area (Å²) in [6.45, 7) is 8.64. The molecule has 0 spiro atoms. The summed E-state index contributed by atoms with van der Waals surface area (Å²) in [5.41, 5.74) is -0.700. The highest BCUT2D eigenvalue weighted by Crippen LogP contribution is 2.59. The molecule has 17 heavy (non-hydrogen) atoms. The molecule has 0 amide bonds. The normalized spacial score (nSPS) is 51.0. The van der Waals surface area contributed by atoms with Crippen LogP contribution in [0.25, 0.3) is 0 Å². The van der Waals surface area contributed by atoms with Crippen molar-refractivity contribution < 1.29 is 9.84 Å². The molecule has 3 aliphatic rings. The lowest BCUT2D eigenvalue weighted by molar-refractivity contribution is -0.131. The Hall–Kier alpha value is -0.0800. The molecule has 0 aromatic rings. The summed E-state index contributed by atoms with van der Waals surface area (Å²) < 4.78 is 6.17. The van der Waals surface area contributed by atoms with Crippen molar-refractivity contribution in [3.8, 4) is 0 Å². The fourth-order valence-corrected chi connectivity index (χ4v) is 5.11. The SMILES string of the molecule is CC1(C)CC(C2(O)CC3CCC2C3)C(C)(C)O1. The van der Waals surface area contributed by atoms with Gasteiger partial charge in [-0.05, 0) is 71.6 Å². The topological polar surface area (TPSA) is 29.5 Å². The summed E-state index contributed by atoms with van der Waals surface area (Å²) in [7, 11) is 0. The Morgan fingerprint density at radius 2 is 1.76 bits per heavy atom. The van der Waals surface area contributed by atoms with E-state index in [1.54, 1.807) is 0 Å². The monoisotopic (exact) mass is 238 g/mol. The maximum absolute atomic E-state index is 11.2. The molecule has 0 radical (unpaired) electrons. The van der Waals surface area contributed by atoms with Crippen LogP contribution in [0.5, 0.6) is 0 Å². The van der Waals surface area contributed by atoms with Gasteiger partial charge in [-0.3, -0.25) is 0 Å². The molecule has 1 N–H and O–H groups in total. The van der Waals surface area contributed by atoms with Gasteiger partial charge >= 0.3 is 0 Å². The largest absolute Gasteiger partial charge is 0.389 e. The van der Waals surface area contributed by atoms with Crippen LogP contribution >= 0.6 is 0 Å². The first-order valence-corrected chi connectivity index (χ1v) is 7.15. The highest BCUT2D eigenvalue weighted by molar-refractivity contribution is 5.11. The van der Waals surface area contributed by atoms with Gasteiger partial charge in [0.25, 0.3) is 0 Å². The molecule has 1 saturated heterocycles. The highest BCUT2D eigenvalue weighted by Gasteiger charge is 2.61. The zero-order valence-electron chi connectivity index (χ0n) is 11.6. The van der Waals surface area contributed by atoms with Crippen LogP contribution < -0.4 is 0 Å². The molecule has 4 unspecified atom stereocenters. The summed E-state index contributed by atoms with van der Waals surface area (Å²) in [5.74, 6) is 1.62. The number of aliphatic hydroxyl groups is 1. The van der Waals surface area contributed by atoms with Gasteiger partial charge in [-0.25, -0.2) is 0 Å². The number of hydrogen-bond donors (Lipinski definition) is 1. The predicted molar refractivity (Wildman–Crippen MR) is 67.7 cm³/mol. The van der Waals surface area contributed by atoms with Crippen LogP contribution in [-0.4, -0.2) is 21.9 Å². The average Bonchev–Trinajstić information content (AvgIpc) is 2.76. The maximum Gasteiger partial charge on any atom is 0.0734 e. The van der Waals surface area contributed by atoms with Crippen LogP contribution in [0.15, 0.2) is 0 Å². The zero-order valence-corrected chi connectivity index (χ0v) is 11.6. The average molecular weight is 238 g/mol. The van der Waals surface area contributed by atoms with E-state index >= 15 is 0 Å². The summed E-state index contributed by atoms with van der Waals surface area (Å²) >= 11 is 0. The molecule has 2 heteroatoms. The molecule has 0 aromatic heterocycles. The molecule has 2 aliphatic carbocycles. The van der Waals surface area contributed by atoms with Gasteiger partial charge in [-0.1, -0.05) is 0 Å². The van der Waals surface area contributed by atoms with Gasteiger partial charge in [0.2, 0.25) is 0 Å². The van der Waals surface area contributed by atoms with E-state index in [4.69, 9.17) is 4.74 Å². The Morgan fingerprint density at radius 3 is 2.18 bits per heavy atom. The van der Waals surface area contributed by atoms with Crippen LogP contribution in [0.2, 0.25) is 0 Å². The first-order valence-electron chi connectivity index (χ1n) is 7.15. The van der Waals surface area contributed by atoms with Crippen molar-refractivity contribution in [3.05, 3.63) is 0 Å². The van der Waals surface area contributed by atoms with Gasteiger partial charge in [0.05, 0.1) is 16.8 Å². The van der Waals surface area contributed by atoms with Crippen molar-refractivity contribution in [1.82, 2.24) is 0 Å². The van der Waals surface area contributed by atoms with Gasteiger partial charge in [0, 0.05) is 5.92 Å². The molecule has 4 atom stereocenters. The third-order valence-corrected chi connectivity index (χ3v) is 5.54. The van der Waals surface area contributed by atoms with Gasteiger partial charge < -0.3 is 9.84 Å². The molecular weight excluding hydrogens is 212 g/mol. The fraction of sp³-hybridized carbons (Fsp3) is 1.00. The molecule has 2 nitrogen and oxygen atoms in total. The first-order chi connectivity index (χ1) is 7.73. The Labute approximate surface area is 105 Å². The molecule has 0 aromatic carbocycles. The number of hydrogen-bond acceptors (Lipinski definition) is 2. The second kappa shape index (κ2) is 3.27. The van der Waals surface area contributed by atoms with E-state index < -0.39 is 5.60 Å². The quantitative estimate of drug-likeness (QED) is 0.760. The van der Waals surface area contributed by atoms with E-state index in [1.807, 2.05) is 0 Å². The Balaban J connectivity index is 1.89. The van der Waals surface area contributed by atoms with E-state index in [0.29, 0.717) is 11.8 Å². The van der Waals surface area contributed by atoms with E-state index in [2.05, 4.69) is 27.7 Å². The first kappa shape index (κ1) is 12.0. The van der Waals surface area contributed by atoms with Gasteiger partial charge in [-0.2, -0.15) is 0 Å². The lowest BCUT2D eigenvalue weighted by atomic mass is 9.67. The second-order valence-corrected chi connectivity index (χ2v) is 7.79. The lowest BCUT2D eigenvalue weighted by Crippen LogP contribution is -2.50. The van der Waals surface area contributed by atoms with Crippen molar-refractivity contribution in [3.63, 3.8) is 0 Å². The second-order valence-electron chi connectivity index (χ2n) is 7.79. The number of rotatable bonds is 1. The Kier molecular flexibility index (Phi) is 2.30. The molecule has 1 heterocycles. The zero-order chi connectivity index (χ0) is 12.5. The minimum atomic E-state index is -0.444. The van der Waals surface area contributed by atoms with Crippen molar-refractivity contribution in [2.75, 3.05) is 0 Å². The minimum Gasteiger partial charge on any atom is -0.389 e. The fourth-order valence-electron chi connectivity index (χ4n) is 5.11. The van der Waals surface area contributed by atoms with Crippen LogP contribution in [0, 0.1) is 17.8 Å². The Bertz CT molecular complexity index is 334. The number of ether oxygens (including phenoxy) is 1. The molecule has 2 saturated carbocycles. The third-order valence-electron chi connectivity index (χ3n) is 5.54. The number of fused-ring (bicyclic) bond motifs is 2. The van der Waals surface area contributed by atoms with E-state index in [1.165, 1.54) is 19.3 Å². The molecule has 2 bridgehead atoms. The third kappa shape index (κ3) is 1.67. The van der Waals surface area contributed by atoms with Gasteiger partial charge in [0.1, 0.15) is 0 Å². The van der Waals surface area contributed by atoms with Crippen LogP contribution in [0.4, 0.5) is 0 Å². The summed E-state index contributed by atoms with van der Waals surface area (Å²) in [5, 5.41) is 11.2. The van der Waals surface area contributed by atoms with E-state index in [-0.39, 0.29) is 11.2 Å². The maximum atomic E-state index is 11.2. The predicted octanol–water partition coefficient (Wildman–Crippen LogP) is 3.13. The van der Waals surface area contributed by atoms with Crippen molar-refractivity contribution in [1.29, 1.82) is 0 Å². The summed E-state index contributed by atoms with van der Waals surface area (Å²) in [6.07, 6.45) is 5.84. The molecule has 3 fully saturated rings. The van der Waals surface area contributed by atoms with Crippen molar-refractivity contribution >= 4 is 0 Å². The molecular formula is C15H26O2. The molecule has 3 rings (SSSR count). The lowest BCUT2D eigenvalue weighted by Gasteiger charge is -2.43. The van der Waals surface area contributed by atoms with Gasteiger partial charge in [-0.15, -0.1) is 0 Å². The van der Waals surface area contributed by atoms with Crippen molar-refractivity contribution in [2.45, 2.75) is 76.6 Å². The molecule has 98 valence electrons. The van der Waals surface area contributed by atoms with Gasteiger partial charge in [0.15, 0.2) is 0 Å². The highest BCUT2D eigenvalue weighted by atomic mass is 16.5. The van der Waals surface area contributed by atoms with Crippen molar-refractivity contribution in [2.24, 2.45) is 17.8 Å². The smallest absolute Gasteiger partial charge is 0.0734 e. The standard InChI is InChI=1S/C15H26O2/c1-13(2)9-12(14(3,4)17-13)15(16)8-10-5-6-11(15)7-10/h10-12,16H,5-9H2,1-4H3. The van der Waals surface area contributed by atoms with Crippen LogP contribution in [0.3, 0.4) is 0 Å². The summed E-state index contributed by atoms with van der Waals surface area (Å²) in [4.78, 5) is 0.